The summed E-state index contributed by atoms with van der Waals surface area (Å²) in [6.07, 6.45) is 4.61. The van der Waals surface area contributed by atoms with Crippen molar-refractivity contribution in [3.05, 3.63) is 29.8 Å². The van der Waals surface area contributed by atoms with Crippen LogP contribution in [-0.4, -0.2) is 19.1 Å². The second kappa shape index (κ2) is 5.68. The number of carbonyl (C=O) groups is 1. The molecule has 0 radical (unpaired) electrons. The van der Waals surface area contributed by atoms with Crippen molar-refractivity contribution in [2.45, 2.75) is 31.8 Å². The molecular weight excluding hydrogens is 218 g/mol. The summed E-state index contributed by atoms with van der Waals surface area (Å²) in [5.74, 6) is 0.526. The highest BCUT2D eigenvalue weighted by atomic mass is 16.7. The zero-order valence-corrected chi connectivity index (χ0v) is 9.94. The van der Waals surface area contributed by atoms with Crippen molar-refractivity contribution in [1.82, 2.24) is 5.48 Å². The number of hydroxylamine groups is 1. The second-order valence-electron chi connectivity index (χ2n) is 4.18. The number of methoxy groups -OCH3 is 1. The predicted molar refractivity (Wildman–Crippen MR) is 63.8 cm³/mol. The number of benzene rings is 1. The molecule has 4 heteroatoms. The highest BCUT2D eigenvalue weighted by Crippen LogP contribution is 2.20. The summed E-state index contributed by atoms with van der Waals surface area (Å²) >= 11 is 0. The minimum Gasteiger partial charge on any atom is -0.497 e. The molecule has 0 aliphatic heterocycles. The molecule has 1 aromatic rings. The van der Waals surface area contributed by atoms with Gasteiger partial charge in [-0.2, -0.15) is 0 Å². The van der Waals surface area contributed by atoms with Crippen molar-refractivity contribution in [2.75, 3.05) is 7.11 Å². The number of amides is 1. The van der Waals surface area contributed by atoms with Crippen LogP contribution in [0.2, 0.25) is 0 Å². The van der Waals surface area contributed by atoms with Crippen LogP contribution in [0.15, 0.2) is 24.3 Å². The smallest absolute Gasteiger partial charge is 0.274 e. The Balaban J connectivity index is 1.85. The van der Waals surface area contributed by atoms with Gasteiger partial charge in [-0.25, -0.2) is 5.48 Å². The molecule has 1 aromatic carbocycles. The monoisotopic (exact) mass is 235 g/mol. The molecular formula is C13H17NO3. The Bertz CT molecular complexity index is 369. The third-order valence-electron chi connectivity index (χ3n) is 2.97. The Morgan fingerprint density at radius 3 is 2.47 bits per heavy atom. The molecule has 0 aromatic heterocycles. The van der Waals surface area contributed by atoms with Gasteiger partial charge in [0.25, 0.3) is 5.91 Å². The summed E-state index contributed by atoms with van der Waals surface area (Å²) < 4.78 is 5.03. The molecule has 0 unspecified atom stereocenters. The molecule has 17 heavy (non-hydrogen) atoms. The fraction of sp³-hybridized carbons (Fsp3) is 0.462. The Morgan fingerprint density at radius 1 is 1.24 bits per heavy atom. The van der Waals surface area contributed by atoms with Crippen molar-refractivity contribution in [1.29, 1.82) is 0 Å². The molecule has 92 valence electrons. The lowest BCUT2D eigenvalue weighted by atomic mass is 10.2. The van der Waals surface area contributed by atoms with E-state index in [2.05, 4.69) is 5.48 Å². The van der Waals surface area contributed by atoms with Crippen LogP contribution < -0.4 is 10.2 Å². The van der Waals surface area contributed by atoms with E-state index in [1.54, 1.807) is 31.4 Å². The lowest BCUT2D eigenvalue weighted by molar-refractivity contribution is -0.0124. The van der Waals surface area contributed by atoms with Gasteiger partial charge >= 0.3 is 0 Å². The van der Waals surface area contributed by atoms with Crippen molar-refractivity contribution >= 4 is 5.91 Å². The quantitative estimate of drug-likeness (QED) is 0.814. The lowest BCUT2D eigenvalue weighted by Crippen LogP contribution is -2.28. The number of nitrogens with one attached hydrogen (secondary N) is 1. The van der Waals surface area contributed by atoms with Gasteiger partial charge in [0, 0.05) is 5.56 Å². The Labute approximate surface area is 101 Å². The molecule has 1 saturated carbocycles. The van der Waals surface area contributed by atoms with Crippen LogP contribution in [0.5, 0.6) is 5.75 Å². The predicted octanol–water partition coefficient (Wildman–Crippen LogP) is 2.30. The van der Waals surface area contributed by atoms with Gasteiger partial charge in [0.05, 0.1) is 13.2 Å². The number of carbonyl (C=O) groups excluding carboxylic acids is 1. The maximum Gasteiger partial charge on any atom is 0.274 e. The summed E-state index contributed by atoms with van der Waals surface area (Å²) in [5.41, 5.74) is 3.07. The standard InChI is InChI=1S/C13H17NO3/c1-16-11-8-6-10(7-9-11)13(15)14-17-12-4-2-3-5-12/h6-9,12H,2-5H2,1H3,(H,14,15). The lowest BCUT2D eigenvalue weighted by Gasteiger charge is -2.11. The van der Waals surface area contributed by atoms with E-state index in [1.165, 1.54) is 12.8 Å². The van der Waals surface area contributed by atoms with Crippen molar-refractivity contribution in [3.8, 4) is 5.75 Å². The molecule has 0 heterocycles. The highest BCUT2D eigenvalue weighted by molar-refractivity contribution is 5.93. The largest absolute Gasteiger partial charge is 0.497 e. The van der Waals surface area contributed by atoms with Crippen molar-refractivity contribution < 1.29 is 14.4 Å². The van der Waals surface area contributed by atoms with Gasteiger partial charge in [0.1, 0.15) is 5.75 Å². The number of rotatable bonds is 4. The van der Waals surface area contributed by atoms with Crippen LogP contribution in [-0.2, 0) is 4.84 Å². The summed E-state index contributed by atoms with van der Waals surface area (Å²) in [4.78, 5) is 17.1. The van der Waals surface area contributed by atoms with Crippen molar-refractivity contribution in [3.63, 3.8) is 0 Å². The Morgan fingerprint density at radius 2 is 1.88 bits per heavy atom. The second-order valence-corrected chi connectivity index (χ2v) is 4.18. The first-order valence-electron chi connectivity index (χ1n) is 5.89. The fourth-order valence-electron chi connectivity index (χ4n) is 1.94. The molecule has 0 atom stereocenters. The molecule has 4 nitrogen and oxygen atoms in total. The molecule has 1 aliphatic carbocycles. The zero-order valence-electron chi connectivity index (χ0n) is 9.94. The maximum atomic E-state index is 11.7. The average Bonchev–Trinajstić information content (AvgIpc) is 2.89. The maximum absolute atomic E-state index is 11.7. The average molecular weight is 235 g/mol. The van der Waals surface area contributed by atoms with E-state index < -0.39 is 0 Å². The molecule has 0 saturated heterocycles. The summed E-state index contributed by atoms with van der Waals surface area (Å²) in [6, 6.07) is 6.94. The van der Waals surface area contributed by atoms with Gasteiger partial charge in [-0.15, -0.1) is 0 Å². The van der Waals surface area contributed by atoms with Gasteiger partial charge in [0.2, 0.25) is 0 Å². The Hall–Kier alpha value is -1.55. The van der Waals surface area contributed by atoms with Crippen LogP contribution in [0.4, 0.5) is 0 Å². The molecule has 2 rings (SSSR count). The number of hydrogen-bond acceptors (Lipinski definition) is 3. The first-order valence-corrected chi connectivity index (χ1v) is 5.89. The van der Waals surface area contributed by atoms with Crippen LogP contribution in [0.1, 0.15) is 36.0 Å². The molecule has 1 fully saturated rings. The van der Waals surface area contributed by atoms with E-state index in [9.17, 15) is 4.79 Å². The highest BCUT2D eigenvalue weighted by Gasteiger charge is 2.17. The minimum atomic E-state index is -0.209. The SMILES string of the molecule is COc1ccc(C(=O)NOC2CCCC2)cc1. The molecule has 1 N–H and O–H groups in total. The van der Waals surface area contributed by atoms with Crippen LogP contribution in [0.3, 0.4) is 0 Å². The van der Waals surface area contributed by atoms with Gasteiger partial charge in [-0.05, 0) is 37.1 Å². The molecule has 1 aliphatic rings. The summed E-state index contributed by atoms with van der Waals surface area (Å²) in [5, 5.41) is 0. The topological polar surface area (TPSA) is 47.6 Å². The van der Waals surface area contributed by atoms with E-state index in [0.29, 0.717) is 5.56 Å². The third-order valence-corrected chi connectivity index (χ3v) is 2.97. The summed E-state index contributed by atoms with van der Waals surface area (Å²) in [6.45, 7) is 0. The van der Waals surface area contributed by atoms with Gasteiger partial charge < -0.3 is 4.74 Å². The van der Waals surface area contributed by atoms with E-state index in [4.69, 9.17) is 9.57 Å². The van der Waals surface area contributed by atoms with E-state index in [1.807, 2.05) is 0 Å². The van der Waals surface area contributed by atoms with Crippen LogP contribution >= 0.6 is 0 Å². The van der Waals surface area contributed by atoms with Crippen molar-refractivity contribution in [2.24, 2.45) is 0 Å². The summed E-state index contributed by atoms with van der Waals surface area (Å²) in [7, 11) is 1.60. The van der Waals surface area contributed by atoms with Gasteiger partial charge in [-0.1, -0.05) is 12.8 Å². The molecule has 0 spiro atoms. The van der Waals surface area contributed by atoms with Gasteiger partial charge in [-0.3, -0.25) is 9.63 Å². The molecule has 0 bridgehead atoms. The first-order chi connectivity index (χ1) is 8.29. The fourth-order valence-corrected chi connectivity index (χ4v) is 1.94. The van der Waals surface area contributed by atoms with Gasteiger partial charge in [0.15, 0.2) is 0 Å². The normalized spacial score (nSPS) is 15.8. The zero-order chi connectivity index (χ0) is 12.1. The number of hydrogen-bond donors (Lipinski definition) is 1. The van der Waals surface area contributed by atoms with Crippen LogP contribution in [0, 0.1) is 0 Å². The van der Waals surface area contributed by atoms with Crippen LogP contribution in [0.25, 0.3) is 0 Å². The van der Waals surface area contributed by atoms with E-state index in [-0.39, 0.29) is 12.0 Å². The van der Waals surface area contributed by atoms with E-state index >= 15 is 0 Å². The minimum absolute atomic E-state index is 0.178. The third kappa shape index (κ3) is 3.20. The number of ether oxygens (including phenoxy) is 1. The first kappa shape index (κ1) is 11.9. The Kier molecular flexibility index (Phi) is 3.98. The van der Waals surface area contributed by atoms with E-state index in [0.717, 1.165) is 18.6 Å². The molecule has 1 amide bonds.